The lowest BCUT2D eigenvalue weighted by molar-refractivity contribution is 0.146. The van der Waals surface area contributed by atoms with Gasteiger partial charge in [0.15, 0.2) is 5.96 Å². The first-order chi connectivity index (χ1) is 10.8. The highest BCUT2D eigenvalue weighted by Crippen LogP contribution is 2.17. The van der Waals surface area contributed by atoms with Gasteiger partial charge in [0.25, 0.3) is 0 Å². The van der Waals surface area contributed by atoms with Crippen molar-refractivity contribution in [1.29, 1.82) is 0 Å². The summed E-state index contributed by atoms with van der Waals surface area (Å²) >= 11 is 0. The van der Waals surface area contributed by atoms with E-state index in [0.29, 0.717) is 31.8 Å². The van der Waals surface area contributed by atoms with Crippen LogP contribution >= 0.6 is 0 Å². The smallest absolute Gasteiger partial charge is 0.189 e. The molecule has 1 fully saturated rings. The van der Waals surface area contributed by atoms with Crippen LogP contribution in [0.4, 0.5) is 0 Å². The van der Waals surface area contributed by atoms with Crippen molar-refractivity contribution in [3.63, 3.8) is 0 Å². The molecular formula is C17H27N3O2. The molecule has 1 aromatic rings. The Bertz CT molecular complexity index is 453. The van der Waals surface area contributed by atoms with Crippen LogP contribution in [0, 0.1) is 0 Å². The summed E-state index contributed by atoms with van der Waals surface area (Å²) < 4.78 is 10.5. The van der Waals surface area contributed by atoms with E-state index in [1.165, 1.54) is 32.1 Å². The Morgan fingerprint density at radius 3 is 2.59 bits per heavy atom. The molecule has 0 aliphatic heterocycles. The standard InChI is InChI=1S/C17H27N3O2/c1-21-11-12-22-16-9-7-14(8-10-16)13-19-17(18)20-15-5-3-2-4-6-15/h7-10,15H,2-6,11-13H2,1H3,(H3,18,19,20). The van der Waals surface area contributed by atoms with Gasteiger partial charge in [-0.15, -0.1) is 0 Å². The summed E-state index contributed by atoms with van der Waals surface area (Å²) in [5.41, 5.74) is 7.08. The van der Waals surface area contributed by atoms with Gasteiger partial charge in [-0.2, -0.15) is 0 Å². The van der Waals surface area contributed by atoms with E-state index < -0.39 is 0 Å². The van der Waals surface area contributed by atoms with Crippen molar-refractivity contribution in [2.75, 3.05) is 20.3 Å². The van der Waals surface area contributed by atoms with E-state index in [2.05, 4.69) is 10.3 Å². The molecule has 0 radical (unpaired) electrons. The zero-order chi connectivity index (χ0) is 15.6. The fraction of sp³-hybridized carbons (Fsp3) is 0.588. The van der Waals surface area contributed by atoms with Crippen molar-refractivity contribution in [1.82, 2.24) is 5.32 Å². The first-order valence-electron chi connectivity index (χ1n) is 8.05. The molecule has 122 valence electrons. The number of aliphatic imine (C=N–C) groups is 1. The van der Waals surface area contributed by atoms with Gasteiger partial charge in [-0.3, -0.25) is 0 Å². The molecule has 0 heterocycles. The Labute approximate surface area is 132 Å². The van der Waals surface area contributed by atoms with Crippen LogP contribution in [0.2, 0.25) is 0 Å². The molecule has 0 bridgehead atoms. The number of rotatable bonds is 7. The minimum Gasteiger partial charge on any atom is -0.491 e. The van der Waals surface area contributed by atoms with Gasteiger partial charge >= 0.3 is 0 Å². The maximum atomic E-state index is 5.96. The van der Waals surface area contributed by atoms with Gasteiger partial charge in [-0.05, 0) is 30.5 Å². The highest BCUT2D eigenvalue weighted by molar-refractivity contribution is 5.78. The minimum absolute atomic E-state index is 0.495. The number of nitrogens with zero attached hydrogens (tertiary/aromatic N) is 1. The monoisotopic (exact) mass is 305 g/mol. The lowest BCUT2D eigenvalue weighted by Gasteiger charge is -2.23. The topological polar surface area (TPSA) is 68.9 Å². The number of nitrogens with one attached hydrogen (secondary N) is 1. The average Bonchev–Trinajstić information content (AvgIpc) is 2.55. The molecule has 1 saturated carbocycles. The Morgan fingerprint density at radius 2 is 1.91 bits per heavy atom. The number of benzene rings is 1. The van der Waals surface area contributed by atoms with Crippen LogP contribution in [0.5, 0.6) is 5.75 Å². The van der Waals surface area contributed by atoms with E-state index in [-0.39, 0.29) is 0 Å². The Hall–Kier alpha value is -1.75. The predicted molar refractivity (Wildman–Crippen MR) is 89.1 cm³/mol. The summed E-state index contributed by atoms with van der Waals surface area (Å²) in [7, 11) is 1.66. The van der Waals surface area contributed by atoms with Crippen LogP contribution in [0.1, 0.15) is 37.7 Å². The second-order valence-electron chi connectivity index (χ2n) is 5.67. The highest BCUT2D eigenvalue weighted by Gasteiger charge is 2.13. The van der Waals surface area contributed by atoms with Gasteiger partial charge in [-0.25, -0.2) is 4.99 Å². The summed E-state index contributed by atoms with van der Waals surface area (Å²) in [4.78, 5) is 4.42. The molecule has 1 aliphatic carbocycles. The molecule has 5 heteroatoms. The van der Waals surface area contributed by atoms with Crippen molar-refractivity contribution in [2.45, 2.75) is 44.7 Å². The number of methoxy groups -OCH3 is 1. The summed E-state index contributed by atoms with van der Waals surface area (Å²) in [5.74, 6) is 1.39. The molecule has 0 unspecified atom stereocenters. The van der Waals surface area contributed by atoms with Crippen molar-refractivity contribution in [3.8, 4) is 5.75 Å². The summed E-state index contributed by atoms with van der Waals surface area (Å²) in [6.45, 7) is 1.74. The SMILES string of the molecule is COCCOc1ccc(CN=C(N)NC2CCCCC2)cc1. The van der Waals surface area contributed by atoms with Crippen LogP contribution in [-0.4, -0.2) is 32.3 Å². The van der Waals surface area contributed by atoms with Crippen molar-refractivity contribution in [3.05, 3.63) is 29.8 Å². The van der Waals surface area contributed by atoms with Gasteiger partial charge in [0.1, 0.15) is 12.4 Å². The van der Waals surface area contributed by atoms with E-state index in [1.54, 1.807) is 7.11 Å². The summed E-state index contributed by atoms with van der Waals surface area (Å²) in [6, 6.07) is 8.42. The number of ether oxygens (including phenoxy) is 2. The first-order valence-corrected chi connectivity index (χ1v) is 8.05. The van der Waals surface area contributed by atoms with Gasteiger partial charge in [0, 0.05) is 13.2 Å². The fourth-order valence-corrected chi connectivity index (χ4v) is 2.61. The molecule has 0 saturated heterocycles. The first kappa shape index (κ1) is 16.6. The summed E-state index contributed by atoms with van der Waals surface area (Å²) in [5, 5.41) is 3.32. The second kappa shape index (κ2) is 9.30. The Balaban J connectivity index is 1.76. The molecule has 5 nitrogen and oxygen atoms in total. The third-order valence-electron chi connectivity index (χ3n) is 3.87. The molecule has 0 spiro atoms. The third-order valence-corrected chi connectivity index (χ3v) is 3.87. The quantitative estimate of drug-likeness (QED) is 0.461. The number of hydrogen-bond acceptors (Lipinski definition) is 3. The van der Waals surface area contributed by atoms with Crippen LogP contribution in [0.25, 0.3) is 0 Å². The van der Waals surface area contributed by atoms with Crippen molar-refractivity contribution < 1.29 is 9.47 Å². The molecule has 1 aliphatic rings. The highest BCUT2D eigenvalue weighted by atomic mass is 16.5. The molecule has 0 amide bonds. The van der Waals surface area contributed by atoms with E-state index in [9.17, 15) is 0 Å². The van der Waals surface area contributed by atoms with E-state index in [0.717, 1.165) is 11.3 Å². The normalized spacial score (nSPS) is 16.5. The van der Waals surface area contributed by atoms with Crippen LogP contribution in [-0.2, 0) is 11.3 Å². The maximum absolute atomic E-state index is 5.96. The van der Waals surface area contributed by atoms with E-state index >= 15 is 0 Å². The van der Waals surface area contributed by atoms with Crippen LogP contribution < -0.4 is 15.8 Å². The molecule has 2 rings (SSSR count). The average molecular weight is 305 g/mol. The summed E-state index contributed by atoms with van der Waals surface area (Å²) in [6.07, 6.45) is 6.31. The predicted octanol–water partition coefficient (Wildman–Crippen LogP) is 2.45. The molecular weight excluding hydrogens is 278 g/mol. The van der Waals surface area contributed by atoms with Crippen LogP contribution in [0.3, 0.4) is 0 Å². The largest absolute Gasteiger partial charge is 0.491 e. The number of hydrogen-bond donors (Lipinski definition) is 2. The molecule has 22 heavy (non-hydrogen) atoms. The fourth-order valence-electron chi connectivity index (χ4n) is 2.61. The zero-order valence-electron chi connectivity index (χ0n) is 13.4. The van der Waals surface area contributed by atoms with Gasteiger partial charge in [-0.1, -0.05) is 31.4 Å². The van der Waals surface area contributed by atoms with Crippen LogP contribution in [0.15, 0.2) is 29.3 Å². The Kier molecular flexibility index (Phi) is 7.03. The van der Waals surface area contributed by atoms with Crippen molar-refractivity contribution >= 4 is 5.96 Å². The molecule has 1 aromatic carbocycles. The third kappa shape index (κ3) is 5.93. The number of guanidine groups is 1. The lowest BCUT2D eigenvalue weighted by Crippen LogP contribution is -2.41. The van der Waals surface area contributed by atoms with Gasteiger partial charge < -0.3 is 20.5 Å². The molecule has 3 N–H and O–H groups in total. The minimum atomic E-state index is 0.495. The number of nitrogens with two attached hydrogens (primary N) is 1. The van der Waals surface area contributed by atoms with Gasteiger partial charge in [0.05, 0.1) is 13.2 Å². The Morgan fingerprint density at radius 1 is 1.18 bits per heavy atom. The second-order valence-corrected chi connectivity index (χ2v) is 5.67. The van der Waals surface area contributed by atoms with E-state index in [4.69, 9.17) is 15.2 Å². The van der Waals surface area contributed by atoms with Crippen molar-refractivity contribution in [2.24, 2.45) is 10.7 Å². The molecule has 0 aromatic heterocycles. The molecule has 0 atom stereocenters. The van der Waals surface area contributed by atoms with E-state index in [1.807, 2.05) is 24.3 Å². The maximum Gasteiger partial charge on any atom is 0.189 e. The van der Waals surface area contributed by atoms with Gasteiger partial charge in [0.2, 0.25) is 0 Å². The lowest BCUT2D eigenvalue weighted by atomic mass is 9.96. The zero-order valence-corrected chi connectivity index (χ0v) is 13.4.